The summed E-state index contributed by atoms with van der Waals surface area (Å²) < 4.78 is 25.8. The van der Waals surface area contributed by atoms with Gasteiger partial charge >= 0.3 is 0 Å². The molecule has 4 N–H and O–H groups in total. The molecule has 0 atom stereocenters. The lowest BCUT2D eigenvalue weighted by Crippen LogP contribution is -2.19. The lowest BCUT2D eigenvalue weighted by atomic mass is 10.1. The fraction of sp³-hybridized carbons (Fsp3) is 0.200. The van der Waals surface area contributed by atoms with Crippen molar-refractivity contribution < 1.29 is 8.42 Å². The Kier molecular flexibility index (Phi) is 4.20. The van der Waals surface area contributed by atoms with Crippen molar-refractivity contribution >= 4 is 27.1 Å². The number of nitrogens with one attached hydrogen (secondary N) is 2. The summed E-state index contributed by atoms with van der Waals surface area (Å²) in [5.41, 5.74) is 10.1. The first-order chi connectivity index (χ1) is 9.83. The Hall–Kier alpha value is -2.05. The molecule has 112 valence electrons. The van der Waals surface area contributed by atoms with Crippen molar-refractivity contribution in [3.05, 3.63) is 47.5 Å². The van der Waals surface area contributed by atoms with Crippen LogP contribution in [0.25, 0.3) is 0 Å². The highest BCUT2D eigenvalue weighted by molar-refractivity contribution is 7.89. The number of aryl methyl sites for hydroxylation is 2. The molecule has 2 aromatic rings. The van der Waals surface area contributed by atoms with Gasteiger partial charge < -0.3 is 11.1 Å². The van der Waals surface area contributed by atoms with Crippen molar-refractivity contribution in [1.82, 2.24) is 4.72 Å². The molecule has 5 nitrogen and oxygen atoms in total. The van der Waals surface area contributed by atoms with E-state index in [1.165, 1.54) is 24.2 Å². The van der Waals surface area contributed by atoms with E-state index in [0.717, 1.165) is 11.4 Å². The highest BCUT2D eigenvalue weighted by atomic mass is 32.2. The van der Waals surface area contributed by atoms with Gasteiger partial charge in [0.1, 0.15) is 4.90 Å². The molecule has 0 bridgehead atoms. The van der Waals surface area contributed by atoms with Crippen LogP contribution in [-0.2, 0) is 10.0 Å². The van der Waals surface area contributed by atoms with Crippen molar-refractivity contribution in [2.45, 2.75) is 18.7 Å². The Bertz CT molecular complexity index is 770. The third kappa shape index (κ3) is 3.34. The van der Waals surface area contributed by atoms with E-state index in [0.29, 0.717) is 0 Å². The predicted molar refractivity (Wildman–Crippen MR) is 86.3 cm³/mol. The molecule has 0 aliphatic carbocycles. The van der Waals surface area contributed by atoms with Crippen molar-refractivity contribution in [1.29, 1.82) is 0 Å². The van der Waals surface area contributed by atoms with Gasteiger partial charge in [0.25, 0.3) is 0 Å². The number of rotatable bonds is 4. The van der Waals surface area contributed by atoms with E-state index < -0.39 is 10.0 Å². The molecule has 2 rings (SSSR count). The van der Waals surface area contributed by atoms with Crippen LogP contribution < -0.4 is 15.8 Å². The van der Waals surface area contributed by atoms with E-state index in [4.69, 9.17) is 5.73 Å². The van der Waals surface area contributed by atoms with Gasteiger partial charge in [-0.1, -0.05) is 6.07 Å². The number of nitrogens with two attached hydrogens (primary N) is 1. The Morgan fingerprint density at radius 2 is 1.57 bits per heavy atom. The topological polar surface area (TPSA) is 84.2 Å². The SMILES string of the molecule is CNS(=O)(=O)c1ccc(Nc2ccc(C)c(C)c2)cc1N. The molecule has 0 aliphatic rings. The van der Waals surface area contributed by atoms with Crippen LogP contribution in [0.2, 0.25) is 0 Å². The molecule has 0 aromatic heterocycles. The van der Waals surface area contributed by atoms with Gasteiger partial charge in [-0.3, -0.25) is 0 Å². The van der Waals surface area contributed by atoms with E-state index in [9.17, 15) is 8.42 Å². The second kappa shape index (κ2) is 5.75. The molecule has 0 heterocycles. The van der Waals surface area contributed by atoms with Crippen molar-refractivity contribution in [2.24, 2.45) is 0 Å². The fourth-order valence-electron chi connectivity index (χ4n) is 1.97. The number of hydrogen-bond donors (Lipinski definition) is 3. The van der Waals surface area contributed by atoms with Gasteiger partial charge in [0, 0.05) is 11.4 Å². The highest BCUT2D eigenvalue weighted by Crippen LogP contribution is 2.25. The van der Waals surface area contributed by atoms with Crippen LogP contribution in [0.3, 0.4) is 0 Å². The molecule has 0 saturated carbocycles. The summed E-state index contributed by atoms with van der Waals surface area (Å²) in [6, 6.07) is 10.8. The molecule has 2 aromatic carbocycles. The summed E-state index contributed by atoms with van der Waals surface area (Å²) in [6.07, 6.45) is 0. The molecule has 6 heteroatoms. The Morgan fingerprint density at radius 1 is 0.952 bits per heavy atom. The normalized spacial score (nSPS) is 11.4. The zero-order valence-corrected chi connectivity index (χ0v) is 13.1. The molecule has 0 unspecified atom stereocenters. The summed E-state index contributed by atoms with van der Waals surface area (Å²) in [6.45, 7) is 4.09. The lowest BCUT2D eigenvalue weighted by Gasteiger charge is -2.11. The van der Waals surface area contributed by atoms with Gasteiger partial charge in [-0.2, -0.15) is 0 Å². The first-order valence-corrected chi connectivity index (χ1v) is 7.99. The maximum atomic E-state index is 11.8. The molecule has 21 heavy (non-hydrogen) atoms. The number of benzene rings is 2. The van der Waals surface area contributed by atoms with Crippen molar-refractivity contribution in [3.63, 3.8) is 0 Å². The average Bonchev–Trinajstić information content (AvgIpc) is 2.43. The van der Waals surface area contributed by atoms with Gasteiger partial charge in [-0.05, 0) is 62.4 Å². The smallest absolute Gasteiger partial charge is 0.242 e. The lowest BCUT2D eigenvalue weighted by molar-refractivity contribution is 0.588. The molecule has 0 aliphatic heterocycles. The van der Waals surface area contributed by atoms with Crippen molar-refractivity contribution in [2.75, 3.05) is 18.1 Å². The highest BCUT2D eigenvalue weighted by Gasteiger charge is 2.15. The first-order valence-electron chi connectivity index (χ1n) is 6.51. The molecular weight excluding hydrogens is 286 g/mol. The maximum absolute atomic E-state index is 11.8. The quantitative estimate of drug-likeness (QED) is 0.758. The third-order valence-electron chi connectivity index (χ3n) is 3.36. The first kappa shape index (κ1) is 15.3. The Labute approximate surface area is 125 Å². The van der Waals surface area contributed by atoms with E-state index >= 15 is 0 Å². The largest absolute Gasteiger partial charge is 0.398 e. The van der Waals surface area contributed by atoms with Crippen LogP contribution in [0.1, 0.15) is 11.1 Å². The molecule has 0 saturated heterocycles. The van der Waals surface area contributed by atoms with Gasteiger partial charge in [-0.25, -0.2) is 13.1 Å². The summed E-state index contributed by atoms with van der Waals surface area (Å²) in [7, 11) is -2.18. The molecular formula is C15H19N3O2S. The minimum atomic E-state index is -3.53. The van der Waals surface area contributed by atoms with E-state index in [1.807, 2.05) is 25.1 Å². The number of nitrogen functional groups attached to an aromatic ring is 1. The van der Waals surface area contributed by atoms with E-state index in [1.54, 1.807) is 12.1 Å². The molecule has 0 radical (unpaired) electrons. The monoisotopic (exact) mass is 305 g/mol. The summed E-state index contributed by atoms with van der Waals surface area (Å²) in [5.74, 6) is 0. The zero-order chi connectivity index (χ0) is 15.6. The molecule has 0 spiro atoms. The van der Waals surface area contributed by atoms with Gasteiger partial charge in [0.15, 0.2) is 0 Å². The van der Waals surface area contributed by atoms with Crippen LogP contribution in [0.15, 0.2) is 41.3 Å². The average molecular weight is 305 g/mol. The van der Waals surface area contributed by atoms with Crippen LogP contribution in [0, 0.1) is 13.8 Å². The van der Waals surface area contributed by atoms with Crippen LogP contribution >= 0.6 is 0 Å². The van der Waals surface area contributed by atoms with Crippen LogP contribution in [0.5, 0.6) is 0 Å². The number of sulfonamides is 1. The third-order valence-corrected chi connectivity index (χ3v) is 4.85. The summed E-state index contributed by atoms with van der Waals surface area (Å²) in [5, 5.41) is 3.21. The summed E-state index contributed by atoms with van der Waals surface area (Å²) in [4.78, 5) is 0.0793. The fourth-order valence-corrected chi connectivity index (χ4v) is 2.80. The summed E-state index contributed by atoms with van der Waals surface area (Å²) >= 11 is 0. The van der Waals surface area contributed by atoms with Gasteiger partial charge in [-0.15, -0.1) is 0 Å². The van der Waals surface area contributed by atoms with Gasteiger partial charge in [0.05, 0.1) is 5.69 Å². The standard InChI is InChI=1S/C15H19N3O2S/c1-10-4-5-12(8-11(10)2)18-13-6-7-15(14(16)9-13)21(19,20)17-3/h4-9,17-18H,16H2,1-3H3. The maximum Gasteiger partial charge on any atom is 0.242 e. The predicted octanol–water partition coefficient (Wildman–Crippen LogP) is 2.54. The van der Waals surface area contributed by atoms with Crippen molar-refractivity contribution in [3.8, 4) is 0 Å². The second-order valence-corrected chi connectivity index (χ2v) is 6.74. The van der Waals surface area contributed by atoms with Crippen LogP contribution in [-0.4, -0.2) is 15.5 Å². The zero-order valence-electron chi connectivity index (χ0n) is 12.3. The minimum Gasteiger partial charge on any atom is -0.398 e. The second-order valence-electron chi connectivity index (χ2n) is 4.88. The Balaban J connectivity index is 2.30. The van der Waals surface area contributed by atoms with Crippen LogP contribution in [0.4, 0.5) is 17.1 Å². The number of anilines is 3. The van der Waals surface area contributed by atoms with E-state index in [-0.39, 0.29) is 10.6 Å². The molecule has 0 amide bonds. The molecule has 0 fully saturated rings. The van der Waals surface area contributed by atoms with E-state index in [2.05, 4.69) is 17.0 Å². The van der Waals surface area contributed by atoms with Gasteiger partial charge in [0.2, 0.25) is 10.0 Å². The minimum absolute atomic E-state index is 0.0793. The number of hydrogen-bond acceptors (Lipinski definition) is 4. The Morgan fingerprint density at radius 3 is 2.14 bits per heavy atom.